The van der Waals surface area contributed by atoms with Crippen LogP contribution in [0.4, 0.5) is 0 Å². The van der Waals surface area contributed by atoms with E-state index in [2.05, 4.69) is 18.3 Å². The van der Waals surface area contributed by atoms with Gasteiger partial charge < -0.3 is 14.8 Å². The van der Waals surface area contributed by atoms with Gasteiger partial charge in [0, 0.05) is 18.7 Å². The molecular formula is C15H25NO2. The average Bonchev–Trinajstić information content (AvgIpc) is 2.42. The number of ether oxygens (including phenoxy) is 2. The fourth-order valence-electron chi connectivity index (χ4n) is 1.95. The van der Waals surface area contributed by atoms with Crippen LogP contribution in [0, 0.1) is 0 Å². The minimum absolute atomic E-state index is 0.0583. The minimum Gasteiger partial charge on any atom is -0.496 e. The van der Waals surface area contributed by atoms with Crippen LogP contribution in [0.15, 0.2) is 24.3 Å². The molecule has 1 rings (SSSR count). The van der Waals surface area contributed by atoms with E-state index in [1.165, 1.54) is 12.8 Å². The highest BCUT2D eigenvalue weighted by Gasteiger charge is 2.15. The van der Waals surface area contributed by atoms with Crippen molar-refractivity contribution in [3.8, 4) is 5.75 Å². The van der Waals surface area contributed by atoms with Crippen LogP contribution in [-0.4, -0.2) is 27.3 Å². The number of nitrogens with one attached hydrogen (secondary N) is 1. The zero-order chi connectivity index (χ0) is 13.2. The number of rotatable bonds is 9. The summed E-state index contributed by atoms with van der Waals surface area (Å²) < 4.78 is 11.4. The van der Waals surface area contributed by atoms with E-state index in [4.69, 9.17) is 9.47 Å². The van der Waals surface area contributed by atoms with Gasteiger partial charge in [0.05, 0.1) is 13.2 Å². The molecule has 0 spiro atoms. The Balaban J connectivity index is 2.64. The molecular weight excluding hydrogens is 226 g/mol. The number of hydrogen-bond acceptors (Lipinski definition) is 3. The third kappa shape index (κ3) is 4.67. The quantitative estimate of drug-likeness (QED) is 0.684. The van der Waals surface area contributed by atoms with Gasteiger partial charge in [0.1, 0.15) is 5.75 Å². The Kier molecular flexibility index (Phi) is 7.46. The third-order valence-corrected chi connectivity index (χ3v) is 2.94. The van der Waals surface area contributed by atoms with Crippen molar-refractivity contribution < 1.29 is 9.47 Å². The summed E-state index contributed by atoms with van der Waals surface area (Å²) in [6.07, 6.45) is 3.61. The van der Waals surface area contributed by atoms with Gasteiger partial charge in [-0.2, -0.15) is 0 Å². The molecule has 1 aromatic carbocycles. The molecule has 0 radical (unpaired) electrons. The number of methoxy groups -OCH3 is 1. The second-order valence-electron chi connectivity index (χ2n) is 4.37. The molecule has 0 amide bonds. The van der Waals surface area contributed by atoms with Crippen molar-refractivity contribution in [1.29, 1.82) is 0 Å². The molecule has 0 aliphatic carbocycles. The Bertz CT molecular complexity index is 328. The van der Waals surface area contributed by atoms with Gasteiger partial charge in [0.15, 0.2) is 0 Å². The first-order valence-corrected chi connectivity index (χ1v) is 6.72. The monoisotopic (exact) mass is 251 g/mol. The Hall–Kier alpha value is -1.06. The molecule has 3 nitrogen and oxygen atoms in total. The highest BCUT2D eigenvalue weighted by molar-refractivity contribution is 5.35. The van der Waals surface area contributed by atoms with Crippen LogP contribution >= 0.6 is 0 Å². The van der Waals surface area contributed by atoms with Gasteiger partial charge >= 0.3 is 0 Å². The van der Waals surface area contributed by atoms with E-state index in [1.54, 1.807) is 7.11 Å². The molecule has 102 valence electrons. The fourth-order valence-corrected chi connectivity index (χ4v) is 1.95. The molecule has 3 heteroatoms. The molecule has 18 heavy (non-hydrogen) atoms. The topological polar surface area (TPSA) is 30.5 Å². The number of para-hydroxylation sites is 1. The molecule has 0 bridgehead atoms. The maximum absolute atomic E-state index is 5.97. The molecule has 0 aliphatic heterocycles. The molecule has 1 unspecified atom stereocenters. The van der Waals surface area contributed by atoms with E-state index in [1.807, 2.05) is 25.2 Å². The van der Waals surface area contributed by atoms with Crippen molar-refractivity contribution in [3.63, 3.8) is 0 Å². The largest absolute Gasteiger partial charge is 0.496 e. The van der Waals surface area contributed by atoms with Gasteiger partial charge in [0.2, 0.25) is 0 Å². The van der Waals surface area contributed by atoms with E-state index in [0.29, 0.717) is 0 Å². The molecule has 0 aliphatic rings. The highest BCUT2D eigenvalue weighted by Crippen LogP contribution is 2.27. The van der Waals surface area contributed by atoms with Crippen molar-refractivity contribution in [3.05, 3.63) is 29.8 Å². The van der Waals surface area contributed by atoms with Crippen LogP contribution in [0.1, 0.15) is 37.9 Å². The highest BCUT2D eigenvalue weighted by atomic mass is 16.5. The normalized spacial score (nSPS) is 12.4. The van der Waals surface area contributed by atoms with Gasteiger partial charge in [-0.05, 0) is 19.5 Å². The van der Waals surface area contributed by atoms with Gasteiger partial charge in [-0.15, -0.1) is 0 Å². The van der Waals surface area contributed by atoms with Crippen LogP contribution in [0.2, 0.25) is 0 Å². The third-order valence-electron chi connectivity index (χ3n) is 2.94. The SMILES string of the molecule is CCCCCOC(CNC)c1ccccc1OC. The maximum Gasteiger partial charge on any atom is 0.124 e. The first-order valence-electron chi connectivity index (χ1n) is 6.72. The first kappa shape index (κ1) is 15.0. The Labute approximate surface area is 110 Å². The van der Waals surface area contributed by atoms with Crippen molar-refractivity contribution >= 4 is 0 Å². The van der Waals surface area contributed by atoms with Crippen LogP contribution < -0.4 is 10.1 Å². The number of likely N-dealkylation sites (N-methyl/N-ethyl adjacent to an activating group) is 1. The first-order chi connectivity index (χ1) is 8.83. The zero-order valence-corrected chi connectivity index (χ0v) is 11.7. The minimum atomic E-state index is 0.0583. The van der Waals surface area contributed by atoms with Crippen LogP contribution in [-0.2, 0) is 4.74 Å². The molecule has 0 fully saturated rings. The molecule has 0 aromatic heterocycles. The van der Waals surface area contributed by atoms with E-state index in [9.17, 15) is 0 Å². The lowest BCUT2D eigenvalue weighted by atomic mass is 10.1. The molecule has 1 aromatic rings. The number of unbranched alkanes of at least 4 members (excludes halogenated alkanes) is 2. The summed E-state index contributed by atoms with van der Waals surface area (Å²) in [5, 5.41) is 3.18. The lowest BCUT2D eigenvalue weighted by Gasteiger charge is -2.20. The predicted molar refractivity (Wildman–Crippen MR) is 75.1 cm³/mol. The van der Waals surface area contributed by atoms with Gasteiger partial charge in [0.25, 0.3) is 0 Å². The van der Waals surface area contributed by atoms with Crippen molar-refractivity contribution in [1.82, 2.24) is 5.32 Å². The number of hydrogen-bond donors (Lipinski definition) is 1. The maximum atomic E-state index is 5.97. The summed E-state index contributed by atoms with van der Waals surface area (Å²) in [4.78, 5) is 0. The van der Waals surface area contributed by atoms with Crippen molar-refractivity contribution in [2.45, 2.75) is 32.3 Å². The lowest BCUT2D eigenvalue weighted by Crippen LogP contribution is -2.20. The van der Waals surface area contributed by atoms with Crippen molar-refractivity contribution in [2.75, 3.05) is 27.3 Å². The second kappa shape index (κ2) is 8.95. The smallest absolute Gasteiger partial charge is 0.124 e. The van der Waals surface area contributed by atoms with Gasteiger partial charge in [-0.25, -0.2) is 0 Å². The Morgan fingerprint density at radius 1 is 1.22 bits per heavy atom. The van der Waals surface area contributed by atoms with E-state index >= 15 is 0 Å². The van der Waals surface area contributed by atoms with E-state index in [-0.39, 0.29) is 6.10 Å². The summed E-state index contributed by atoms with van der Waals surface area (Å²) in [5.41, 5.74) is 1.12. The molecule has 1 atom stereocenters. The summed E-state index contributed by atoms with van der Waals surface area (Å²) in [6, 6.07) is 8.06. The second-order valence-corrected chi connectivity index (χ2v) is 4.37. The van der Waals surface area contributed by atoms with Gasteiger partial charge in [-0.3, -0.25) is 0 Å². The standard InChI is InChI=1S/C15H25NO2/c1-4-5-8-11-18-15(12-16-2)13-9-6-7-10-14(13)17-3/h6-7,9-10,15-16H,4-5,8,11-12H2,1-3H3. The zero-order valence-electron chi connectivity index (χ0n) is 11.7. The average molecular weight is 251 g/mol. The summed E-state index contributed by atoms with van der Waals surface area (Å²) >= 11 is 0. The molecule has 0 saturated carbocycles. The molecule has 1 N–H and O–H groups in total. The van der Waals surface area contributed by atoms with Gasteiger partial charge in [-0.1, -0.05) is 38.0 Å². The lowest BCUT2D eigenvalue weighted by molar-refractivity contribution is 0.0497. The van der Waals surface area contributed by atoms with Crippen LogP contribution in [0.25, 0.3) is 0 Å². The van der Waals surface area contributed by atoms with Crippen LogP contribution in [0.5, 0.6) is 5.75 Å². The van der Waals surface area contributed by atoms with E-state index < -0.39 is 0 Å². The van der Waals surface area contributed by atoms with Crippen LogP contribution in [0.3, 0.4) is 0 Å². The Morgan fingerprint density at radius 3 is 2.67 bits per heavy atom. The fraction of sp³-hybridized carbons (Fsp3) is 0.600. The summed E-state index contributed by atoms with van der Waals surface area (Å²) in [7, 11) is 3.64. The number of benzene rings is 1. The van der Waals surface area contributed by atoms with Crippen molar-refractivity contribution in [2.24, 2.45) is 0 Å². The molecule has 0 saturated heterocycles. The Morgan fingerprint density at radius 2 is 2.00 bits per heavy atom. The van der Waals surface area contributed by atoms with E-state index in [0.717, 1.165) is 30.9 Å². The summed E-state index contributed by atoms with van der Waals surface area (Å²) in [5.74, 6) is 0.897. The summed E-state index contributed by atoms with van der Waals surface area (Å²) in [6.45, 7) is 3.80. The predicted octanol–water partition coefficient (Wildman–Crippen LogP) is 3.16. The molecule has 0 heterocycles.